The quantitative estimate of drug-likeness (QED) is 0.803. The number of benzene rings is 1. The van der Waals surface area contributed by atoms with E-state index in [-0.39, 0.29) is 0 Å². The SMILES string of the molecule is Clc1ccc(-c2cccc3c2cnn3CN2CCNCC2)nc1. The van der Waals surface area contributed by atoms with Gasteiger partial charge in [0.15, 0.2) is 0 Å². The maximum absolute atomic E-state index is 5.94. The van der Waals surface area contributed by atoms with Crippen molar-refractivity contribution in [2.24, 2.45) is 0 Å². The Morgan fingerprint density at radius 2 is 1.96 bits per heavy atom. The van der Waals surface area contributed by atoms with Crippen molar-refractivity contribution in [1.82, 2.24) is 25.0 Å². The van der Waals surface area contributed by atoms with Crippen LogP contribution < -0.4 is 5.32 Å². The van der Waals surface area contributed by atoms with Gasteiger partial charge in [-0.25, -0.2) is 0 Å². The molecule has 0 saturated carbocycles. The lowest BCUT2D eigenvalue weighted by atomic mass is 10.1. The minimum absolute atomic E-state index is 0.648. The summed E-state index contributed by atoms with van der Waals surface area (Å²) in [5.41, 5.74) is 3.14. The van der Waals surface area contributed by atoms with E-state index in [2.05, 4.69) is 43.2 Å². The van der Waals surface area contributed by atoms with Gasteiger partial charge in [-0.2, -0.15) is 5.10 Å². The normalized spacial score (nSPS) is 16.0. The minimum atomic E-state index is 0.648. The molecule has 0 amide bonds. The van der Waals surface area contributed by atoms with Crippen LogP contribution in [0.25, 0.3) is 22.2 Å². The second-order valence-corrected chi connectivity index (χ2v) is 6.19. The summed E-state index contributed by atoms with van der Waals surface area (Å²) in [4.78, 5) is 6.85. The highest BCUT2D eigenvalue weighted by molar-refractivity contribution is 6.30. The molecule has 0 aliphatic carbocycles. The Kier molecular flexibility index (Phi) is 3.99. The van der Waals surface area contributed by atoms with E-state index in [9.17, 15) is 0 Å². The van der Waals surface area contributed by atoms with Crippen molar-refractivity contribution < 1.29 is 0 Å². The Hall–Kier alpha value is -1.95. The third-order valence-electron chi connectivity index (χ3n) is 4.23. The number of halogens is 1. The lowest BCUT2D eigenvalue weighted by Crippen LogP contribution is -2.44. The number of hydrogen-bond acceptors (Lipinski definition) is 4. The van der Waals surface area contributed by atoms with Crippen LogP contribution in [0, 0.1) is 0 Å². The molecule has 118 valence electrons. The molecule has 23 heavy (non-hydrogen) atoms. The van der Waals surface area contributed by atoms with Crippen LogP contribution in [0.1, 0.15) is 0 Å². The standard InChI is InChI=1S/C17H18ClN5/c18-13-4-5-16(20-10-13)14-2-1-3-17-15(14)11-21-23(17)12-22-8-6-19-7-9-22/h1-5,10-11,19H,6-9,12H2. The van der Waals surface area contributed by atoms with Gasteiger partial charge in [-0.1, -0.05) is 23.7 Å². The molecule has 2 aromatic heterocycles. The Balaban J connectivity index is 1.69. The van der Waals surface area contributed by atoms with Crippen molar-refractivity contribution >= 4 is 22.5 Å². The van der Waals surface area contributed by atoms with Crippen LogP contribution in [0.4, 0.5) is 0 Å². The lowest BCUT2D eigenvalue weighted by Gasteiger charge is -2.27. The van der Waals surface area contributed by atoms with E-state index >= 15 is 0 Å². The molecule has 3 aromatic rings. The molecular weight excluding hydrogens is 310 g/mol. The number of rotatable bonds is 3. The zero-order valence-corrected chi connectivity index (χ0v) is 13.5. The molecule has 1 aromatic carbocycles. The molecule has 0 spiro atoms. The van der Waals surface area contributed by atoms with Gasteiger partial charge in [0.1, 0.15) is 0 Å². The number of nitrogens with zero attached hydrogens (tertiary/aromatic N) is 4. The Bertz CT molecular complexity index is 805. The number of pyridine rings is 1. The molecule has 1 saturated heterocycles. The number of fused-ring (bicyclic) bond motifs is 1. The second kappa shape index (κ2) is 6.28. The molecular formula is C17H18ClN5. The zero-order chi connectivity index (χ0) is 15.6. The summed E-state index contributed by atoms with van der Waals surface area (Å²) in [7, 11) is 0. The van der Waals surface area contributed by atoms with Crippen molar-refractivity contribution in [3.05, 3.63) is 47.7 Å². The van der Waals surface area contributed by atoms with E-state index in [0.717, 1.165) is 55.0 Å². The summed E-state index contributed by atoms with van der Waals surface area (Å²) >= 11 is 5.94. The fourth-order valence-corrected chi connectivity index (χ4v) is 3.13. The van der Waals surface area contributed by atoms with Crippen LogP contribution in [0.3, 0.4) is 0 Å². The van der Waals surface area contributed by atoms with Crippen molar-refractivity contribution in [1.29, 1.82) is 0 Å². The van der Waals surface area contributed by atoms with Crippen LogP contribution in [0.15, 0.2) is 42.7 Å². The van der Waals surface area contributed by atoms with Crippen LogP contribution >= 0.6 is 11.6 Å². The predicted molar refractivity (Wildman–Crippen MR) is 92.4 cm³/mol. The van der Waals surface area contributed by atoms with E-state index in [1.807, 2.05) is 18.3 Å². The van der Waals surface area contributed by atoms with Crippen LogP contribution in [0.2, 0.25) is 5.02 Å². The maximum atomic E-state index is 5.94. The van der Waals surface area contributed by atoms with Crippen LogP contribution in [0.5, 0.6) is 0 Å². The largest absolute Gasteiger partial charge is 0.314 e. The molecule has 0 bridgehead atoms. The van der Waals surface area contributed by atoms with Gasteiger partial charge >= 0.3 is 0 Å². The number of piperazine rings is 1. The molecule has 1 fully saturated rings. The summed E-state index contributed by atoms with van der Waals surface area (Å²) in [6.07, 6.45) is 3.62. The third-order valence-corrected chi connectivity index (χ3v) is 4.46. The molecule has 1 aliphatic heterocycles. The van der Waals surface area contributed by atoms with Crippen LogP contribution in [-0.4, -0.2) is 45.8 Å². The highest BCUT2D eigenvalue weighted by atomic mass is 35.5. The first-order valence-electron chi connectivity index (χ1n) is 7.81. The van der Waals surface area contributed by atoms with Crippen molar-refractivity contribution in [3.63, 3.8) is 0 Å². The number of hydrogen-bond donors (Lipinski definition) is 1. The van der Waals surface area contributed by atoms with Gasteiger partial charge in [-0.3, -0.25) is 14.6 Å². The van der Waals surface area contributed by atoms with Gasteiger partial charge in [-0.05, 0) is 18.2 Å². The number of aromatic nitrogens is 3. The highest BCUT2D eigenvalue weighted by Gasteiger charge is 2.14. The fourth-order valence-electron chi connectivity index (χ4n) is 3.02. The summed E-state index contributed by atoms with van der Waals surface area (Å²) in [5.74, 6) is 0. The molecule has 6 heteroatoms. The molecule has 0 radical (unpaired) electrons. The Labute approximate surface area is 139 Å². The maximum Gasteiger partial charge on any atom is 0.0936 e. The fraction of sp³-hybridized carbons (Fsp3) is 0.294. The van der Waals surface area contributed by atoms with E-state index in [1.54, 1.807) is 6.20 Å². The molecule has 5 nitrogen and oxygen atoms in total. The zero-order valence-electron chi connectivity index (χ0n) is 12.7. The van der Waals surface area contributed by atoms with Crippen molar-refractivity contribution in [2.45, 2.75) is 6.67 Å². The summed E-state index contributed by atoms with van der Waals surface area (Å²) in [6.45, 7) is 5.01. The monoisotopic (exact) mass is 327 g/mol. The highest BCUT2D eigenvalue weighted by Crippen LogP contribution is 2.27. The molecule has 1 aliphatic rings. The van der Waals surface area contributed by atoms with Crippen molar-refractivity contribution in [3.8, 4) is 11.3 Å². The van der Waals surface area contributed by atoms with Gasteiger partial charge in [0.25, 0.3) is 0 Å². The second-order valence-electron chi connectivity index (χ2n) is 5.75. The van der Waals surface area contributed by atoms with Gasteiger partial charge in [0.05, 0.1) is 29.1 Å². The smallest absolute Gasteiger partial charge is 0.0936 e. The minimum Gasteiger partial charge on any atom is -0.314 e. The summed E-state index contributed by atoms with van der Waals surface area (Å²) in [6, 6.07) is 10.1. The van der Waals surface area contributed by atoms with Crippen LogP contribution in [-0.2, 0) is 6.67 Å². The van der Waals surface area contributed by atoms with Gasteiger partial charge in [0.2, 0.25) is 0 Å². The van der Waals surface area contributed by atoms with Gasteiger partial charge in [0, 0.05) is 43.3 Å². The molecule has 0 atom stereocenters. The Morgan fingerprint density at radius 1 is 1.09 bits per heavy atom. The molecule has 0 unspecified atom stereocenters. The van der Waals surface area contributed by atoms with Gasteiger partial charge < -0.3 is 5.32 Å². The number of nitrogens with one attached hydrogen (secondary N) is 1. The first kappa shape index (κ1) is 14.6. The average Bonchev–Trinajstić information content (AvgIpc) is 3.00. The molecule has 1 N–H and O–H groups in total. The van der Waals surface area contributed by atoms with E-state index in [0.29, 0.717) is 5.02 Å². The van der Waals surface area contributed by atoms with E-state index < -0.39 is 0 Å². The van der Waals surface area contributed by atoms with E-state index in [1.165, 1.54) is 0 Å². The first-order chi connectivity index (χ1) is 11.3. The summed E-state index contributed by atoms with van der Waals surface area (Å²) in [5, 5.41) is 9.74. The summed E-state index contributed by atoms with van der Waals surface area (Å²) < 4.78 is 2.07. The predicted octanol–water partition coefficient (Wildman–Crippen LogP) is 2.61. The first-order valence-corrected chi connectivity index (χ1v) is 8.18. The topological polar surface area (TPSA) is 46.0 Å². The lowest BCUT2D eigenvalue weighted by molar-refractivity contribution is 0.187. The third kappa shape index (κ3) is 2.95. The van der Waals surface area contributed by atoms with Gasteiger partial charge in [-0.15, -0.1) is 0 Å². The van der Waals surface area contributed by atoms with E-state index in [4.69, 9.17) is 11.6 Å². The van der Waals surface area contributed by atoms with Crippen molar-refractivity contribution in [2.75, 3.05) is 26.2 Å². The average molecular weight is 328 g/mol. The Morgan fingerprint density at radius 3 is 2.74 bits per heavy atom. The molecule has 4 rings (SSSR count). The molecule has 3 heterocycles.